The van der Waals surface area contributed by atoms with Gasteiger partial charge in [0.2, 0.25) is 0 Å². The summed E-state index contributed by atoms with van der Waals surface area (Å²) in [4.78, 5) is 23.2. The van der Waals surface area contributed by atoms with Crippen LogP contribution in [0, 0.1) is 0 Å². The minimum atomic E-state index is -0.815. The molecule has 1 aromatic carbocycles. The lowest BCUT2D eigenvalue weighted by atomic mass is 10.2. The number of nitrogens with one attached hydrogen (secondary N) is 2. The van der Waals surface area contributed by atoms with Crippen molar-refractivity contribution in [3.05, 3.63) is 40.9 Å². The highest BCUT2D eigenvalue weighted by atomic mass is 79.9. The van der Waals surface area contributed by atoms with E-state index in [0.29, 0.717) is 17.9 Å². The molecule has 0 bridgehead atoms. The van der Waals surface area contributed by atoms with Crippen molar-refractivity contribution in [1.29, 1.82) is 0 Å². The average Bonchev–Trinajstić information content (AvgIpc) is 2.53. The van der Waals surface area contributed by atoms with Gasteiger partial charge in [-0.2, -0.15) is 5.10 Å². The molecule has 0 heterocycles. The van der Waals surface area contributed by atoms with Gasteiger partial charge in [0.05, 0.1) is 6.21 Å². The van der Waals surface area contributed by atoms with Crippen LogP contribution in [0.25, 0.3) is 0 Å². The van der Waals surface area contributed by atoms with Gasteiger partial charge in [-0.3, -0.25) is 9.59 Å². The Balaban J connectivity index is 2.69. The molecular weight excluding hydrogens is 362 g/mol. The number of hydrazone groups is 1. The van der Waals surface area contributed by atoms with Crippen LogP contribution in [-0.2, 0) is 9.59 Å². The van der Waals surface area contributed by atoms with E-state index in [4.69, 9.17) is 4.74 Å². The van der Waals surface area contributed by atoms with Gasteiger partial charge >= 0.3 is 11.8 Å². The van der Waals surface area contributed by atoms with Gasteiger partial charge in [-0.15, -0.1) is 0 Å². The van der Waals surface area contributed by atoms with Crippen molar-refractivity contribution in [3.63, 3.8) is 0 Å². The highest BCUT2D eigenvalue weighted by molar-refractivity contribution is 9.10. The first-order valence-electron chi connectivity index (χ1n) is 7.15. The number of rotatable bonds is 7. The predicted molar refractivity (Wildman–Crippen MR) is 93.5 cm³/mol. The molecule has 0 radical (unpaired) electrons. The fraction of sp³-hybridized carbons (Fsp3) is 0.312. The van der Waals surface area contributed by atoms with E-state index in [9.17, 15) is 9.59 Å². The van der Waals surface area contributed by atoms with Gasteiger partial charge in [-0.1, -0.05) is 35.5 Å². The van der Waals surface area contributed by atoms with E-state index in [0.717, 1.165) is 10.9 Å². The highest BCUT2D eigenvalue weighted by Gasteiger charge is 2.14. The Kier molecular flexibility index (Phi) is 8.04. The number of hydrogen-bond acceptors (Lipinski definition) is 4. The molecule has 0 aliphatic carbocycles. The molecule has 1 aromatic rings. The molecule has 124 valence electrons. The van der Waals surface area contributed by atoms with Gasteiger partial charge in [-0.25, -0.2) is 5.43 Å². The Bertz CT molecular complexity index is 602. The first kappa shape index (κ1) is 18.9. The van der Waals surface area contributed by atoms with Crippen LogP contribution >= 0.6 is 15.9 Å². The molecule has 7 heteroatoms. The van der Waals surface area contributed by atoms with Crippen molar-refractivity contribution in [1.82, 2.24) is 10.7 Å². The fourth-order valence-electron chi connectivity index (χ4n) is 1.50. The number of benzene rings is 1. The van der Waals surface area contributed by atoms with Crippen molar-refractivity contribution in [3.8, 4) is 5.75 Å². The third-order valence-corrected chi connectivity index (χ3v) is 3.39. The molecule has 0 saturated carbocycles. The largest absolute Gasteiger partial charge is 0.489 e. The van der Waals surface area contributed by atoms with Crippen molar-refractivity contribution in [2.45, 2.75) is 26.3 Å². The first-order chi connectivity index (χ1) is 11.0. The van der Waals surface area contributed by atoms with Gasteiger partial charge in [0.1, 0.15) is 12.4 Å². The molecule has 1 atom stereocenters. The van der Waals surface area contributed by atoms with Crippen molar-refractivity contribution < 1.29 is 14.3 Å². The second-order valence-electron chi connectivity index (χ2n) is 4.76. The fourth-order valence-corrected chi connectivity index (χ4v) is 1.88. The minimum absolute atomic E-state index is 0.0683. The van der Waals surface area contributed by atoms with Crippen LogP contribution in [0.1, 0.15) is 25.8 Å². The molecule has 0 aromatic heterocycles. The lowest BCUT2D eigenvalue weighted by molar-refractivity contribution is -0.139. The van der Waals surface area contributed by atoms with Gasteiger partial charge in [0.25, 0.3) is 0 Å². The zero-order valence-electron chi connectivity index (χ0n) is 13.1. The maximum absolute atomic E-state index is 11.6. The van der Waals surface area contributed by atoms with Crippen LogP contribution in [-0.4, -0.2) is 30.7 Å². The molecule has 2 N–H and O–H groups in total. The monoisotopic (exact) mass is 381 g/mol. The molecule has 0 fully saturated rings. The van der Waals surface area contributed by atoms with E-state index in [2.05, 4.69) is 38.4 Å². The lowest BCUT2D eigenvalue weighted by Gasteiger charge is -2.10. The molecule has 0 saturated heterocycles. The zero-order chi connectivity index (χ0) is 17.2. The average molecular weight is 382 g/mol. The van der Waals surface area contributed by atoms with E-state index in [1.165, 1.54) is 6.21 Å². The standard InChI is InChI=1S/C16H20BrN3O3/c1-4-8-23-14-7-6-13(17)9-12(14)10-18-20-16(22)15(21)19-11(3)5-2/h4,6-7,9-11H,1,5,8H2,2-3H3,(H,19,21)(H,20,22)/b18-10-/t11-/m0/s1. The first-order valence-corrected chi connectivity index (χ1v) is 7.94. The summed E-state index contributed by atoms with van der Waals surface area (Å²) in [7, 11) is 0. The molecular formula is C16H20BrN3O3. The third kappa shape index (κ3) is 6.65. The third-order valence-electron chi connectivity index (χ3n) is 2.89. The molecule has 6 nitrogen and oxygen atoms in total. The summed E-state index contributed by atoms with van der Waals surface area (Å²) in [6.07, 6.45) is 3.78. The summed E-state index contributed by atoms with van der Waals surface area (Å²) in [6.45, 7) is 7.68. The lowest BCUT2D eigenvalue weighted by Crippen LogP contribution is -2.41. The van der Waals surface area contributed by atoms with E-state index in [-0.39, 0.29) is 6.04 Å². The van der Waals surface area contributed by atoms with E-state index in [1.54, 1.807) is 18.2 Å². The van der Waals surface area contributed by atoms with E-state index < -0.39 is 11.8 Å². The van der Waals surface area contributed by atoms with Gasteiger partial charge < -0.3 is 10.1 Å². The summed E-state index contributed by atoms with van der Waals surface area (Å²) in [6, 6.07) is 5.31. The van der Waals surface area contributed by atoms with Gasteiger partial charge in [0.15, 0.2) is 0 Å². The number of carbonyl (C=O) groups is 2. The van der Waals surface area contributed by atoms with Crippen LogP contribution in [0.3, 0.4) is 0 Å². The smallest absolute Gasteiger partial charge is 0.329 e. The van der Waals surface area contributed by atoms with Crippen molar-refractivity contribution >= 4 is 34.0 Å². The van der Waals surface area contributed by atoms with Crippen LogP contribution < -0.4 is 15.5 Å². The number of hydrogen-bond donors (Lipinski definition) is 2. The number of halogens is 1. The predicted octanol–water partition coefficient (Wildman–Crippen LogP) is 2.38. The summed E-state index contributed by atoms with van der Waals surface area (Å²) in [5.74, 6) is -0.936. The molecule has 0 spiro atoms. The molecule has 0 aliphatic rings. The number of carbonyl (C=O) groups excluding carboxylic acids is 2. The Hall–Kier alpha value is -2.15. The normalized spacial score (nSPS) is 11.8. The summed E-state index contributed by atoms with van der Waals surface area (Å²) in [5.41, 5.74) is 2.85. The molecule has 1 rings (SSSR count). The van der Waals surface area contributed by atoms with Crippen molar-refractivity contribution in [2.75, 3.05) is 6.61 Å². The van der Waals surface area contributed by atoms with Crippen molar-refractivity contribution in [2.24, 2.45) is 5.10 Å². The van der Waals surface area contributed by atoms with Gasteiger partial charge in [-0.05, 0) is 31.5 Å². The molecule has 0 aliphatic heterocycles. The number of amides is 2. The van der Waals surface area contributed by atoms with Crippen LogP contribution in [0.5, 0.6) is 5.75 Å². The number of nitrogens with zero attached hydrogens (tertiary/aromatic N) is 1. The Labute approximate surface area is 144 Å². The van der Waals surface area contributed by atoms with E-state index >= 15 is 0 Å². The quantitative estimate of drug-likeness (QED) is 0.329. The maximum atomic E-state index is 11.6. The topological polar surface area (TPSA) is 79.8 Å². The Morgan fingerprint density at radius 2 is 2.17 bits per heavy atom. The zero-order valence-corrected chi connectivity index (χ0v) is 14.7. The summed E-state index contributed by atoms with van der Waals surface area (Å²) >= 11 is 3.35. The maximum Gasteiger partial charge on any atom is 0.329 e. The van der Waals surface area contributed by atoms with Crippen LogP contribution in [0.15, 0.2) is 40.4 Å². The second-order valence-corrected chi connectivity index (χ2v) is 5.68. The van der Waals surface area contributed by atoms with Gasteiger partial charge in [0, 0.05) is 16.1 Å². The Morgan fingerprint density at radius 3 is 2.83 bits per heavy atom. The summed E-state index contributed by atoms with van der Waals surface area (Å²) in [5, 5.41) is 6.35. The SMILES string of the molecule is C=CCOc1ccc(Br)cc1/C=N\NC(=O)C(=O)N[C@@H](C)CC. The Morgan fingerprint density at radius 1 is 1.43 bits per heavy atom. The second kappa shape index (κ2) is 9.78. The highest BCUT2D eigenvalue weighted by Crippen LogP contribution is 2.21. The number of ether oxygens (including phenoxy) is 1. The van der Waals surface area contributed by atoms with E-state index in [1.807, 2.05) is 19.9 Å². The minimum Gasteiger partial charge on any atom is -0.489 e. The van der Waals surface area contributed by atoms with Crippen LogP contribution in [0.4, 0.5) is 0 Å². The summed E-state index contributed by atoms with van der Waals surface area (Å²) < 4.78 is 6.33. The van der Waals surface area contributed by atoms with Crippen LogP contribution in [0.2, 0.25) is 0 Å². The molecule has 0 unspecified atom stereocenters. The molecule has 23 heavy (non-hydrogen) atoms. The molecule has 2 amide bonds.